The average Bonchev–Trinajstić information content (AvgIpc) is 2.89. The Kier molecular flexibility index (Phi) is 6.17. The summed E-state index contributed by atoms with van der Waals surface area (Å²) in [6.45, 7) is 5.30. The Hall–Kier alpha value is -1.43. The Morgan fingerprint density at radius 1 is 1.24 bits per heavy atom. The van der Waals surface area contributed by atoms with Gasteiger partial charge in [0, 0.05) is 13.1 Å². The van der Waals surface area contributed by atoms with E-state index in [1.54, 1.807) is 4.68 Å². The van der Waals surface area contributed by atoms with Gasteiger partial charge in [-0.25, -0.2) is 9.48 Å². The Morgan fingerprint density at radius 3 is 2.52 bits per heavy atom. The van der Waals surface area contributed by atoms with Crippen LogP contribution in [0, 0.1) is 0 Å². The molecular weight excluding hydrogens is 268 g/mol. The molecule has 6 nitrogen and oxygen atoms in total. The van der Waals surface area contributed by atoms with Crippen molar-refractivity contribution < 1.29 is 9.90 Å². The maximum atomic E-state index is 10.7. The van der Waals surface area contributed by atoms with Crippen LogP contribution in [0.15, 0.2) is 6.20 Å². The summed E-state index contributed by atoms with van der Waals surface area (Å²) < 4.78 is 1.69. The molecule has 0 atom stereocenters. The zero-order chi connectivity index (χ0) is 15.1. The van der Waals surface area contributed by atoms with Crippen molar-refractivity contribution in [2.45, 2.75) is 57.9 Å². The van der Waals surface area contributed by atoms with Gasteiger partial charge in [-0.2, -0.15) is 0 Å². The lowest BCUT2D eigenvalue weighted by Gasteiger charge is -2.38. The summed E-state index contributed by atoms with van der Waals surface area (Å²) in [6.07, 6.45) is 10.9. The first-order chi connectivity index (χ1) is 10.2. The highest BCUT2D eigenvalue weighted by atomic mass is 16.4. The molecular formula is C15H26N4O2. The van der Waals surface area contributed by atoms with Gasteiger partial charge >= 0.3 is 5.97 Å². The van der Waals surface area contributed by atoms with Gasteiger partial charge in [0.25, 0.3) is 0 Å². The maximum absolute atomic E-state index is 10.7. The lowest BCUT2D eigenvalue weighted by molar-refractivity contribution is 0.0690. The van der Waals surface area contributed by atoms with Gasteiger partial charge in [-0.3, -0.25) is 4.90 Å². The fourth-order valence-electron chi connectivity index (χ4n) is 2.74. The van der Waals surface area contributed by atoms with Crippen molar-refractivity contribution in [1.29, 1.82) is 0 Å². The lowest BCUT2D eigenvalue weighted by Crippen LogP contribution is -2.48. The quantitative estimate of drug-likeness (QED) is 0.672. The number of aromatic carboxylic acids is 1. The Morgan fingerprint density at radius 2 is 1.90 bits per heavy atom. The maximum Gasteiger partial charge on any atom is 0.358 e. The second kappa shape index (κ2) is 8.12. The van der Waals surface area contributed by atoms with E-state index in [1.165, 1.54) is 51.1 Å². The normalized spacial score (nSPS) is 16.0. The highest BCUT2D eigenvalue weighted by molar-refractivity contribution is 5.84. The molecule has 6 heteroatoms. The number of unbranched alkanes of at least 4 members (excludes halogenated alkanes) is 6. The van der Waals surface area contributed by atoms with Gasteiger partial charge < -0.3 is 5.11 Å². The highest BCUT2D eigenvalue weighted by Gasteiger charge is 2.29. The number of aromatic nitrogens is 3. The summed E-state index contributed by atoms with van der Waals surface area (Å²) in [7, 11) is 0. The van der Waals surface area contributed by atoms with E-state index in [-0.39, 0.29) is 11.7 Å². The molecule has 0 saturated carbocycles. The summed E-state index contributed by atoms with van der Waals surface area (Å²) in [4.78, 5) is 13.2. The Balaban J connectivity index is 1.54. The first-order valence-electron chi connectivity index (χ1n) is 8.08. The van der Waals surface area contributed by atoms with E-state index < -0.39 is 5.97 Å². The SMILES string of the molecule is CCCCCCCCCN1CC(n2cc(C(=O)O)nn2)C1. The molecule has 0 unspecified atom stereocenters. The summed E-state index contributed by atoms with van der Waals surface area (Å²) in [5, 5.41) is 16.4. The van der Waals surface area contributed by atoms with Gasteiger partial charge in [0.15, 0.2) is 5.69 Å². The number of rotatable bonds is 10. The molecule has 0 amide bonds. The van der Waals surface area contributed by atoms with E-state index in [4.69, 9.17) is 5.11 Å². The van der Waals surface area contributed by atoms with E-state index in [9.17, 15) is 4.79 Å². The number of carboxylic acid groups (broad SMARTS) is 1. The average molecular weight is 294 g/mol. The predicted molar refractivity (Wildman–Crippen MR) is 80.5 cm³/mol. The third-order valence-electron chi connectivity index (χ3n) is 4.12. The minimum atomic E-state index is -1.01. The standard InChI is InChI=1S/C15H26N4O2/c1-2-3-4-5-6-7-8-9-18-10-13(11-18)19-12-14(15(20)21)16-17-19/h12-13H,2-11H2,1H3,(H,20,21). The van der Waals surface area contributed by atoms with Crippen LogP contribution in [0.5, 0.6) is 0 Å². The molecule has 1 N–H and O–H groups in total. The lowest BCUT2D eigenvalue weighted by atomic mass is 10.1. The van der Waals surface area contributed by atoms with Crippen molar-refractivity contribution in [1.82, 2.24) is 19.9 Å². The second-order valence-corrected chi connectivity index (χ2v) is 5.92. The largest absolute Gasteiger partial charge is 0.476 e. The van der Waals surface area contributed by atoms with Crippen LogP contribution >= 0.6 is 0 Å². The molecule has 21 heavy (non-hydrogen) atoms. The van der Waals surface area contributed by atoms with Crippen LogP contribution in [-0.2, 0) is 0 Å². The molecule has 1 aromatic heterocycles. The minimum Gasteiger partial charge on any atom is -0.476 e. The van der Waals surface area contributed by atoms with Crippen LogP contribution in [-0.4, -0.2) is 50.6 Å². The molecule has 0 bridgehead atoms. The summed E-state index contributed by atoms with van der Waals surface area (Å²) in [5.41, 5.74) is 0.0283. The van der Waals surface area contributed by atoms with Crippen LogP contribution in [0.3, 0.4) is 0 Å². The van der Waals surface area contributed by atoms with Gasteiger partial charge in [0.1, 0.15) is 0 Å². The van der Waals surface area contributed by atoms with Crippen molar-refractivity contribution >= 4 is 5.97 Å². The molecule has 1 aromatic rings. The number of carboxylic acids is 1. The highest BCUT2D eigenvalue weighted by Crippen LogP contribution is 2.21. The molecule has 0 aromatic carbocycles. The third-order valence-corrected chi connectivity index (χ3v) is 4.12. The van der Waals surface area contributed by atoms with Gasteiger partial charge in [0.2, 0.25) is 0 Å². The van der Waals surface area contributed by atoms with Crippen LogP contribution in [0.2, 0.25) is 0 Å². The van der Waals surface area contributed by atoms with Crippen LogP contribution in [0.4, 0.5) is 0 Å². The molecule has 1 fully saturated rings. The van der Waals surface area contributed by atoms with Crippen molar-refractivity contribution in [3.8, 4) is 0 Å². The van der Waals surface area contributed by atoms with Crippen LogP contribution in [0.1, 0.15) is 68.4 Å². The zero-order valence-electron chi connectivity index (χ0n) is 12.9. The Bertz CT molecular complexity index is 441. The molecule has 1 aliphatic heterocycles. The Labute approximate surface area is 126 Å². The fourth-order valence-corrected chi connectivity index (χ4v) is 2.74. The molecule has 1 aliphatic rings. The monoisotopic (exact) mass is 294 g/mol. The number of likely N-dealkylation sites (tertiary alicyclic amines) is 1. The first kappa shape index (κ1) is 15.9. The minimum absolute atomic E-state index is 0.0283. The van der Waals surface area contributed by atoms with E-state index in [2.05, 4.69) is 22.1 Å². The molecule has 1 saturated heterocycles. The first-order valence-corrected chi connectivity index (χ1v) is 8.08. The van der Waals surface area contributed by atoms with E-state index in [0.717, 1.165) is 19.6 Å². The van der Waals surface area contributed by atoms with Crippen molar-refractivity contribution in [3.63, 3.8) is 0 Å². The van der Waals surface area contributed by atoms with Crippen molar-refractivity contribution in [2.24, 2.45) is 0 Å². The molecule has 0 aliphatic carbocycles. The fraction of sp³-hybridized carbons (Fsp3) is 0.800. The van der Waals surface area contributed by atoms with Crippen molar-refractivity contribution in [2.75, 3.05) is 19.6 Å². The summed E-state index contributed by atoms with van der Waals surface area (Å²) in [6, 6.07) is 0.287. The zero-order valence-corrected chi connectivity index (χ0v) is 12.9. The number of hydrogen-bond donors (Lipinski definition) is 1. The van der Waals surface area contributed by atoms with Gasteiger partial charge in [-0.05, 0) is 13.0 Å². The molecule has 2 heterocycles. The van der Waals surface area contributed by atoms with Crippen molar-refractivity contribution in [3.05, 3.63) is 11.9 Å². The smallest absolute Gasteiger partial charge is 0.358 e. The molecule has 118 valence electrons. The second-order valence-electron chi connectivity index (χ2n) is 5.92. The molecule has 0 spiro atoms. The topological polar surface area (TPSA) is 71.2 Å². The summed E-state index contributed by atoms with van der Waals surface area (Å²) in [5.74, 6) is -1.01. The van der Waals surface area contributed by atoms with Crippen LogP contribution in [0.25, 0.3) is 0 Å². The van der Waals surface area contributed by atoms with Crippen LogP contribution < -0.4 is 0 Å². The third kappa shape index (κ3) is 4.81. The predicted octanol–water partition coefficient (Wildman–Crippen LogP) is 2.58. The number of carbonyl (C=O) groups is 1. The van der Waals surface area contributed by atoms with E-state index >= 15 is 0 Å². The number of hydrogen-bond acceptors (Lipinski definition) is 4. The summed E-state index contributed by atoms with van der Waals surface area (Å²) >= 11 is 0. The van der Waals surface area contributed by atoms with E-state index in [1.807, 2.05) is 0 Å². The number of nitrogens with zero attached hydrogens (tertiary/aromatic N) is 4. The molecule has 0 radical (unpaired) electrons. The van der Waals surface area contributed by atoms with E-state index in [0.29, 0.717) is 0 Å². The van der Waals surface area contributed by atoms with Gasteiger partial charge in [0.05, 0.1) is 12.2 Å². The van der Waals surface area contributed by atoms with Gasteiger partial charge in [-0.1, -0.05) is 50.7 Å². The van der Waals surface area contributed by atoms with Gasteiger partial charge in [-0.15, -0.1) is 5.10 Å². The molecule has 2 rings (SSSR count).